The Morgan fingerprint density at radius 3 is 2.83 bits per heavy atom. The summed E-state index contributed by atoms with van der Waals surface area (Å²) in [5, 5.41) is 1.11. The second-order valence-electron chi connectivity index (χ2n) is 3.82. The van der Waals surface area contributed by atoms with Crippen LogP contribution in [0.3, 0.4) is 0 Å². The third-order valence-corrected chi connectivity index (χ3v) is 3.74. The Labute approximate surface area is 114 Å². The monoisotopic (exact) mass is 281 g/mol. The Hall–Kier alpha value is -1.30. The van der Waals surface area contributed by atoms with Gasteiger partial charge >= 0.3 is 0 Å². The molecule has 6 heteroatoms. The Balaban J connectivity index is 2.27. The van der Waals surface area contributed by atoms with E-state index >= 15 is 0 Å². The largest absolute Gasteiger partial charge is 0.324 e. The first-order valence-corrected chi connectivity index (χ1v) is 6.54. The first-order chi connectivity index (χ1) is 8.56. The number of aromatic amines is 1. The summed E-state index contributed by atoms with van der Waals surface area (Å²) in [6.45, 7) is 1.90. The van der Waals surface area contributed by atoms with Crippen molar-refractivity contribution in [3.05, 3.63) is 51.4 Å². The number of nitrogens with one attached hydrogen (secondary N) is 1. The lowest BCUT2D eigenvalue weighted by atomic mass is 10.1. The highest BCUT2D eigenvalue weighted by Crippen LogP contribution is 2.32. The van der Waals surface area contributed by atoms with E-state index < -0.39 is 0 Å². The van der Waals surface area contributed by atoms with Gasteiger partial charge in [0.15, 0.2) is 5.16 Å². The van der Waals surface area contributed by atoms with Gasteiger partial charge in [-0.25, -0.2) is 4.98 Å². The lowest BCUT2D eigenvalue weighted by Crippen LogP contribution is -2.05. The maximum atomic E-state index is 11.2. The van der Waals surface area contributed by atoms with E-state index in [-0.39, 0.29) is 11.6 Å². The van der Waals surface area contributed by atoms with Gasteiger partial charge in [-0.2, -0.15) is 0 Å². The Bertz CT molecular complexity index is 612. The molecule has 18 heavy (non-hydrogen) atoms. The fraction of sp³-hybridized carbons (Fsp3) is 0.167. The SMILES string of the molecule is C[C@@H](N)c1ccc(Sc2nccc(=O)[nH]2)c(Cl)c1. The standard InChI is InChI=1S/C12H12ClN3OS/c1-7(14)8-2-3-10(9(13)6-8)18-12-15-5-4-11(17)16-12/h2-7H,14H2,1H3,(H,15,16,17)/t7-/m1/s1. The summed E-state index contributed by atoms with van der Waals surface area (Å²) in [6.07, 6.45) is 1.46. The average Bonchev–Trinajstić information content (AvgIpc) is 2.31. The highest BCUT2D eigenvalue weighted by atomic mass is 35.5. The van der Waals surface area contributed by atoms with Gasteiger partial charge in [-0.05, 0) is 24.6 Å². The lowest BCUT2D eigenvalue weighted by molar-refractivity contribution is 0.817. The summed E-state index contributed by atoms with van der Waals surface area (Å²) >= 11 is 7.48. The van der Waals surface area contributed by atoms with E-state index in [1.807, 2.05) is 25.1 Å². The molecule has 0 amide bonds. The molecule has 0 bridgehead atoms. The summed E-state index contributed by atoms with van der Waals surface area (Å²) in [5.41, 5.74) is 6.57. The van der Waals surface area contributed by atoms with Crippen molar-refractivity contribution in [3.8, 4) is 0 Å². The number of hydrogen-bond acceptors (Lipinski definition) is 4. The number of benzene rings is 1. The van der Waals surface area contributed by atoms with E-state index in [0.717, 1.165) is 10.5 Å². The second kappa shape index (κ2) is 5.56. The zero-order valence-electron chi connectivity index (χ0n) is 9.68. The van der Waals surface area contributed by atoms with Crippen molar-refractivity contribution in [1.82, 2.24) is 9.97 Å². The van der Waals surface area contributed by atoms with Gasteiger partial charge in [0, 0.05) is 23.2 Å². The Kier molecular flexibility index (Phi) is 4.06. The van der Waals surface area contributed by atoms with Gasteiger partial charge < -0.3 is 10.7 Å². The highest BCUT2D eigenvalue weighted by molar-refractivity contribution is 7.99. The zero-order valence-corrected chi connectivity index (χ0v) is 11.3. The Morgan fingerprint density at radius 2 is 2.22 bits per heavy atom. The molecular formula is C12H12ClN3OS. The van der Waals surface area contributed by atoms with Crippen molar-refractivity contribution in [2.45, 2.75) is 23.0 Å². The predicted octanol–water partition coefficient (Wildman–Crippen LogP) is 2.59. The fourth-order valence-corrected chi connectivity index (χ4v) is 2.46. The summed E-state index contributed by atoms with van der Waals surface area (Å²) in [4.78, 5) is 18.7. The van der Waals surface area contributed by atoms with Crippen molar-refractivity contribution in [3.63, 3.8) is 0 Å². The molecular weight excluding hydrogens is 270 g/mol. The van der Waals surface area contributed by atoms with E-state index in [9.17, 15) is 4.79 Å². The minimum Gasteiger partial charge on any atom is -0.324 e. The zero-order chi connectivity index (χ0) is 13.1. The van der Waals surface area contributed by atoms with Crippen LogP contribution in [0.2, 0.25) is 5.02 Å². The van der Waals surface area contributed by atoms with E-state index in [1.165, 1.54) is 24.0 Å². The van der Waals surface area contributed by atoms with Crippen LogP contribution < -0.4 is 11.3 Å². The molecule has 0 aliphatic heterocycles. The first kappa shape index (κ1) is 13.1. The van der Waals surface area contributed by atoms with Crippen LogP contribution in [0, 0.1) is 0 Å². The number of rotatable bonds is 3. The predicted molar refractivity (Wildman–Crippen MR) is 73.0 cm³/mol. The summed E-state index contributed by atoms with van der Waals surface area (Å²) in [5.74, 6) is 0. The molecule has 0 fully saturated rings. The molecule has 0 saturated carbocycles. The molecule has 1 aromatic carbocycles. The van der Waals surface area contributed by atoms with Gasteiger partial charge in [0.1, 0.15) is 0 Å². The molecule has 0 saturated heterocycles. The molecule has 0 radical (unpaired) electrons. The van der Waals surface area contributed by atoms with Crippen LogP contribution in [0.5, 0.6) is 0 Å². The van der Waals surface area contributed by atoms with Crippen LogP contribution in [-0.4, -0.2) is 9.97 Å². The molecule has 0 aliphatic rings. The minimum atomic E-state index is -0.184. The van der Waals surface area contributed by atoms with Crippen LogP contribution in [0.1, 0.15) is 18.5 Å². The molecule has 1 aromatic heterocycles. The van der Waals surface area contributed by atoms with Crippen molar-refractivity contribution in [1.29, 1.82) is 0 Å². The quantitative estimate of drug-likeness (QED) is 0.848. The van der Waals surface area contributed by atoms with Gasteiger partial charge in [0.25, 0.3) is 5.56 Å². The topological polar surface area (TPSA) is 71.8 Å². The third kappa shape index (κ3) is 3.13. The summed E-state index contributed by atoms with van der Waals surface area (Å²) in [7, 11) is 0. The maximum Gasteiger partial charge on any atom is 0.251 e. The van der Waals surface area contributed by atoms with E-state index in [2.05, 4.69) is 9.97 Å². The second-order valence-corrected chi connectivity index (χ2v) is 5.26. The normalized spacial score (nSPS) is 12.4. The number of halogens is 1. The summed E-state index contributed by atoms with van der Waals surface area (Å²) < 4.78 is 0. The molecule has 1 heterocycles. The third-order valence-electron chi connectivity index (χ3n) is 2.34. The van der Waals surface area contributed by atoms with Gasteiger partial charge in [0.2, 0.25) is 0 Å². The molecule has 0 unspecified atom stereocenters. The lowest BCUT2D eigenvalue weighted by Gasteiger charge is -2.08. The van der Waals surface area contributed by atoms with E-state index in [1.54, 1.807) is 0 Å². The number of nitrogens with two attached hydrogens (primary N) is 1. The minimum absolute atomic E-state index is 0.0591. The average molecular weight is 282 g/mol. The van der Waals surface area contributed by atoms with Crippen LogP contribution in [0.15, 0.2) is 45.3 Å². The number of aromatic nitrogens is 2. The molecule has 94 valence electrons. The van der Waals surface area contributed by atoms with Gasteiger partial charge in [-0.1, -0.05) is 29.4 Å². The highest BCUT2D eigenvalue weighted by Gasteiger charge is 2.07. The van der Waals surface area contributed by atoms with Crippen molar-refractivity contribution >= 4 is 23.4 Å². The van der Waals surface area contributed by atoms with E-state index in [4.69, 9.17) is 17.3 Å². The molecule has 2 aromatic rings. The molecule has 0 aliphatic carbocycles. The Morgan fingerprint density at radius 1 is 1.44 bits per heavy atom. The van der Waals surface area contributed by atoms with Crippen LogP contribution in [0.4, 0.5) is 0 Å². The van der Waals surface area contributed by atoms with Gasteiger partial charge in [-0.3, -0.25) is 4.79 Å². The first-order valence-electron chi connectivity index (χ1n) is 5.34. The molecule has 0 spiro atoms. The van der Waals surface area contributed by atoms with Gasteiger partial charge in [0.05, 0.1) is 5.02 Å². The van der Waals surface area contributed by atoms with Crippen LogP contribution >= 0.6 is 23.4 Å². The fourth-order valence-electron chi connectivity index (χ4n) is 1.39. The van der Waals surface area contributed by atoms with Crippen LogP contribution in [0.25, 0.3) is 0 Å². The molecule has 1 atom stereocenters. The molecule has 4 nitrogen and oxygen atoms in total. The molecule has 2 rings (SSSR count). The number of nitrogens with zero attached hydrogens (tertiary/aromatic N) is 1. The number of hydrogen-bond donors (Lipinski definition) is 2. The van der Waals surface area contributed by atoms with Crippen LogP contribution in [-0.2, 0) is 0 Å². The van der Waals surface area contributed by atoms with Crippen molar-refractivity contribution < 1.29 is 0 Å². The van der Waals surface area contributed by atoms with Gasteiger partial charge in [-0.15, -0.1) is 0 Å². The maximum absolute atomic E-state index is 11.2. The summed E-state index contributed by atoms with van der Waals surface area (Å²) in [6, 6.07) is 6.93. The van der Waals surface area contributed by atoms with E-state index in [0.29, 0.717) is 10.2 Å². The smallest absolute Gasteiger partial charge is 0.251 e. The molecule has 3 N–H and O–H groups in total. The van der Waals surface area contributed by atoms with Crippen molar-refractivity contribution in [2.24, 2.45) is 5.73 Å². The number of H-pyrrole nitrogens is 1. The van der Waals surface area contributed by atoms with Crippen molar-refractivity contribution in [2.75, 3.05) is 0 Å².